The maximum absolute atomic E-state index is 12.0. The molecule has 0 unspecified atom stereocenters. The van der Waals surface area contributed by atoms with Crippen molar-refractivity contribution in [3.05, 3.63) is 108 Å². The predicted molar refractivity (Wildman–Crippen MR) is 95.6 cm³/mol. The summed E-state index contributed by atoms with van der Waals surface area (Å²) in [5.74, 6) is -0.293. The fraction of sp³-hybridized carbons (Fsp3) is 0.136. The Morgan fingerprint density at radius 1 is 0.750 bits per heavy atom. The van der Waals surface area contributed by atoms with Crippen LogP contribution in [0.2, 0.25) is 0 Å². The molecule has 0 aromatic heterocycles. The van der Waals surface area contributed by atoms with Crippen molar-refractivity contribution in [2.45, 2.75) is 18.9 Å². The smallest absolute Gasteiger partial charge is 0.303 e. The van der Waals surface area contributed by atoms with E-state index in [4.69, 9.17) is 4.74 Å². The van der Waals surface area contributed by atoms with Gasteiger partial charge in [-0.1, -0.05) is 91.0 Å². The first-order chi connectivity index (χ1) is 11.7. The first kappa shape index (κ1) is 16.0. The van der Waals surface area contributed by atoms with Gasteiger partial charge in [0, 0.05) is 24.5 Å². The third kappa shape index (κ3) is 3.38. The lowest BCUT2D eigenvalue weighted by Crippen LogP contribution is -2.35. The van der Waals surface area contributed by atoms with Crippen LogP contribution in [-0.2, 0) is 21.6 Å². The van der Waals surface area contributed by atoms with Crippen LogP contribution in [0.4, 0.5) is 0 Å². The number of hydrogen-bond donors (Lipinski definition) is 0. The molecule has 3 aromatic carbocycles. The van der Waals surface area contributed by atoms with E-state index in [9.17, 15) is 4.79 Å². The van der Waals surface area contributed by atoms with Crippen molar-refractivity contribution in [2.24, 2.45) is 0 Å². The van der Waals surface area contributed by atoms with Gasteiger partial charge in [-0.15, -0.1) is 0 Å². The summed E-state index contributed by atoms with van der Waals surface area (Å²) in [4.78, 5) is 12.0. The minimum atomic E-state index is -0.838. The average molecular weight is 316 g/mol. The number of carbonyl (C=O) groups excluding carboxylic acids is 1. The summed E-state index contributed by atoms with van der Waals surface area (Å²) in [7, 11) is 0. The molecule has 3 rings (SSSR count). The molecule has 24 heavy (non-hydrogen) atoms. The minimum Gasteiger partial charge on any atom is -0.449 e. The molecular formula is C22H20O2. The highest BCUT2D eigenvalue weighted by Crippen LogP contribution is 2.37. The summed E-state index contributed by atoms with van der Waals surface area (Å²) < 4.78 is 5.98. The number of esters is 1. The van der Waals surface area contributed by atoms with E-state index < -0.39 is 5.60 Å². The van der Waals surface area contributed by atoms with Crippen molar-refractivity contribution in [3.63, 3.8) is 0 Å². The molecule has 0 aliphatic rings. The quantitative estimate of drug-likeness (QED) is 0.636. The number of rotatable bonds is 5. The Balaban J connectivity index is 2.18. The molecule has 0 saturated carbocycles. The Morgan fingerprint density at radius 2 is 1.17 bits per heavy atom. The zero-order valence-corrected chi connectivity index (χ0v) is 13.7. The van der Waals surface area contributed by atoms with Gasteiger partial charge in [0.2, 0.25) is 0 Å². The van der Waals surface area contributed by atoms with Crippen LogP contribution in [0.15, 0.2) is 91.0 Å². The number of benzene rings is 3. The highest BCUT2D eigenvalue weighted by molar-refractivity contribution is 5.67. The summed E-state index contributed by atoms with van der Waals surface area (Å²) >= 11 is 0. The van der Waals surface area contributed by atoms with Crippen LogP contribution >= 0.6 is 0 Å². The van der Waals surface area contributed by atoms with E-state index in [1.807, 2.05) is 78.9 Å². The first-order valence-electron chi connectivity index (χ1n) is 8.05. The molecule has 0 atom stereocenters. The molecule has 0 radical (unpaired) electrons. The molecule has 0 bridgehead atoms. The Hall–Kier alpha value is -2.87. The lowest BCUT2D eigenvalue weighted by atomic mass is 9.81. The van der Waals surface area contributed by atoms with Gasteiger partial charge in [-0.3, -0.25) is 4.79 Å². The van der Waals surface area contributed by atoms with Crippen molar-refractivity contribution < 1.29 is 9.53 Å². The highest BCUT2D eigenvalue weighted by Gasteiger charge is 2.37. The van der Waals surface area contributed by atoms with Crippen molar-refractivity contribution in [1.29, 1.82) is 0 Å². The molecule has 0 saturated heterocycles. The maximum Gasteiger partial charge on any atom is 0.303 e. The van der Waals surface area contributed by atoms with Crippen molar-refractivity contribution in [1.82, 2.24) is 0 Å². The first-order valence-corrected chi connectivity index (χ1v) is 8.05. The zero-order valence-electron chi connectivity index (χ0n) is 13.7. The third-order valence-electron chi connectivity index (χ3n) is 4.09. The van der Waals surface area contributed by atoms with E-state index in [0.717, 1.165) is 16.7 Å². The second kappa shape index (κ2) is 7.14. The molecule has 0 N–H and O–H groups in total. The van der Waals surface area contributed by atoms with Gasteiger partial charge in [-0.2, -0.15) is 0 Å². The topological polar surface area (TPSA) is 26.3 Å². The van der Waals surface area contributed by atoms with Crippen LogP contribution in [0, 0.1) is 0 Å². The summed E-state index contributed by atoms with van der Waals surface area (Å²) in [6.07, 6.45) is 0.585. The van der Waals surface area contributed by atoms with Crippen LogP contribution in [-0.4, -0.2) is 5.97 Å². The Bertz CT molecular complexity index is 740. The maximum atomic E-state index is 12.0. The lowest BCUT2D eigenvalue weighted by molar-refractivity contribution is -0.154. The summed E-state index contributed by atoms with van der Waals surface area (Å²) in [6.45, 7) is 1.46. The Morgan fingerprint density at radius 3 is 1.58 bits per heavy atom. The van der Waals surface area contributed by atoms with Gasteiger partial charge in [-0.25, -0.2) is 0 Å². The second-order valence-electron chi connectivity index (χ2n) is 5.82. The van der Waals surface area contributed by atoms with Gasteiger partial charge in [0.05, 0.1) is 0 Å². The van der Waals surface area contributed by atoms with E-state index in [2.05, 4.69) is 12.1 Å². The van der Waals surface area contributed by atoms with Crippen LogP contribution in [0.25, 0.3) is 0 Å². The molecule has 120 valence electrons. The fourth-order valence-electron chi connectivity index (χ4n) is 3.07. The van der Waals surface area contributed by atoms with E-state index in [1.165, 1.54) is 6.92 Å². The molecular weight excluding hydrogens is 296 g/mol. The van der Waals surface area contributed by atoms with Gasteiger partial charge < -0.3 is 4.74 Å². The highest BCUT2D eigenvalue weighted by atomic mass is 16.6. The summed E-state index contributed by atoms with van der Waals surface area (Å²) in [6, 6.07) is 30.0. The van der Waals surface area contributed by atoms with Crippen LogP contribution in [0.1, 0.15) is 23.6 Å². The van der Waals surface area contributed by atoms with E-state index in [-0.39, 0.29) is 5.97 Å². The van der Waals surface area contributed by atoms with E-state index in [0.29, 0.717) is 6.42 Å². The Labute approximate surface area is 142 Å². The van der Waals surface area contributed by atoms with Gasteiger partial charge in [-0.05, 0) is 5.56 Å². The predicted octanol–water partition coefficient (Wildman–Crippen LogP) is 4.74. The Kier molecular flexibility index (Phi) is 4.76. The van der Waals surface area contributed by atoms with Gasteiger partial charge in [0.15, 0.2) is 5.60 Å². The molecule has 2 nitrogen and oxygen atoms in total. The molecule has 0 heterocycles. The second-order valence-corrected chi connectivity index (χ2v) is 5.82. The molecule has 0 fully saturated rings. The average Bonchev–Trinajstić information content (AvgIpc) is 2.63. The van der Waals surface area contributed by atoms with Crippen molar-refractivity contribution in [3.8, 4) is 0 Å². The summed E-state index contributed by atoms with van der Waals surface area (Å²) in [5.41, 5.74) is 2.22. The molecule has 0 aliphatic heterocycles. The van der Waals surface area contributed by atoms with E-state index >= 15 is 0 Å². The fourth-order valence-corrected chi connectivity index (χ4v) is 3.07. The van der Waals surface area contributed by atoms with Gasteiger partial charge in [0.25, 0.3) is 0 Å². The van der Waals surface area contributed by atoms with Gasteiger partial charge >= 0.3 is 5.97 Å². The largest absolute Gasteiger partial charge is 0.449 e. The monoisotopic (exact) mass is 316 g/mol. The molecule has 0 spiro atoms. The summed E-state index contributed by atoms with van der Waals surface area (Å²) in [5, 5.41) is 0. The standard InChI is InChI=1S/C22H20O2/c1-18(23)24-22(20-13-7-3-8-14-20,21-15-9-4-10-16-21)17-19-11-5-2-6-12-19/h2-16H,17H2,1H3. The number of carbonyl (C=O) groups is 1. The third-order valence-corrected chi connectivity index (χ3v) is 4.09. The van der Waals surface area contributed by atoms with E-state index in [1.54, 1.807) is 0 Å². The van der Waals surface area contributed by atoms with Crippen LogP contribution in [0.3, 0.4) is 0 Å². The molecule has 2 heteroatoms. The lowest BCUT2D eigenvalue weighted by Gasteiger charge is -2.34. The molecule has 3 aromatic rings. The molecule has 0 amide bonds. The van der Waals surface area contributed by atoms with Gasteiger partial charge in [0.1, 0.15) is 0 Å². The zero-order chi connectivity index (χ0) is 16.8. The minimum absolute atomic E-state index is 0.293. The number of hydrogen-bond acceptors (Lipinski definition) is 2. The normalized spacial score (nSPS) is 11.0. The molecule has 0 aliphatic carbocycles. The van der Waals surface area contributed by atoms with Crippen molar-refractivity contribution in [2.75, 3.05) is 0 Å². The SMILES string of the molecule is CC(=O)OC(Cc1ccccc1)(c1ccccc1)c1ccccc1. The van der Waals surface area contributed by atoms with Crippen molar-refractivity contribution >= 4 is 5.97 Å². The van der Waals surface area contributed by atoms with Crippen LogP contribution < -0.4 is 0 Å². The van der Waals surface area contributed by atoms with Crippen LogP contribution in [0.5, 0.6) is 0 Å². The number of ether oxygens (including phenoxy) is 1.